The van der Waals surface area contributed by atoms with Crippen molar-refractivity contribution in [2.24, 2.45) is 0 Å². The van der Waals surface area contributed by atoms with Crippen molar-refractivity contribution in [1.82, 2.24) is 10.3 Å². The normalized spacial score (nSPS) is 28.5. The fourth-order valence-electron chi connectivity index (χ4n) is 4.59. The first kappa shape index (κ1) is 21.0. The van der Waals surface area contributed by atoms with Gasteiger partial charge in [0.05, 0.1) is 11.0 Å². The topological polar surface area (TPSA) is 89.3 Å². The average Bonchev–Trinajstić information content (AvgIpc) is 2.65. The molecule has 0 amide bonds. The molecule has 1 aromatic heterocycles. The molecular weight excluding hydrogens is 356 g/mol. The van der Waals surface area contributed by atoms with Gasteiger partial charge in [0, 0.05) is 29.9 Å². The lowest BCUT2D eigenvalue weighted by molar-refractivity contribution is -0.384. The summed E-state index contributed by atoms with van der Waals surface area (Å²) in [5.74, 6) is 0.402. The van der Waals surface area contributed by atoms with E-state index in [1.807, 2.05) is 6.92 Å². The number of nitrogens with zero attached hydrogens (tertiary/aromatic N) is 2. The zero-order valence-corrected chi connectivity index (χ0v) is 17.2. The predicted molar refractivity (Wildman–Crippen MR) is 111 cm³/mol. The molecule has 1 aromatic rings. The monoisotopic (exact) mass is 390 g/mol. The first-order valence-corrected chi connectivity index (χ1v) is 10.8. The van der Waals surface area contributed by atoms with Crippen LogP contribution in [0.25, 0.3) is 0 Å². The Morgan fingerprint density at radius 1 is 1.29 bits per heavy atom. The van der Waals surface area contributed by atoms with Crippen molar-refractivity contribution in [1.29, 1.82) is 0 Å². The summed E-state index contributed by atoms with van der Waals surface area (Å²) in [6, 6.07) is 3.44. The van der Waals surface area contributed by atoms with Crippen LogP contribution in [0.2, 0.25) is 0 Å². The van der Waals surface area contributed by atoms with Gasteiger partial charge in [0.2, 0.25) is 5.82 Å². The van der Waals surface area contributed by atoms with E-state index in [-0.39, 0.29) is 22.2 Å². The predicted octanol–water partition coefficient (Wildman–Crippen LogP) is 4.35. The molecule has 3 rings (SSSR count). The van der Waals surface area contributed by atoms with E-state index in [0.29, 0.717) is 11.9 Å². The number of ether oxygens (including phenoxy) is 1. The van der Waals surface area contributed by atoms with Crippen LogP contribution < -0.4 is 10.6 Å². The van der Waals surface area contributed by atoms with Gasteiger partial charge < -0.3 is 15.4 Å². The Kier molecular flexibility index (Phi) is 7.24. The van der Waals surface area contributed by atoms with Gasteiger partial charge in [-0.3, -0.25) is 10.1 Å². The van der Waals surface area contributed by atoms with Crippen molar-refractivity contribution < 1.29 is 9.66 Å². The number of hydrogen-bond donors (Lipinski definition) is 2. The molecule has 1 unspecified atom stereocenters. The Balaban J connectivity index is 1.54. The Bertz CT molecular complexity index is 647. The largest absolute Gasteiger partial charge is 0.378 e. The smallest absolute Gasteiger partial charge is 0.311 e. The molecule has 0 bridgehead atoms. The zero-order chi connectivity index (χ0) is 20.0. The SMILES string of the molecule is CCCOC1CCC2(CCCC(Nc3nc(C)ccc3[N+](=O)[O-])CCN2)CC1. The van der Waals surface area contributed by atoms with Gasteiger partial charge in [0.15, 0.2) is 0 Å². The van der Waals surface area contributed by atoms with Gasteiger partial charge in [0.25, 0.3) is 0 Å². The summed E-state index contributed by atoms with van der Waals surface area (Å²) in [5.41, 5.74) is 1.10. The fraction of sp³-hybridized carbons (Fsp3) is 0.762. The third kappa shape index (κ3) is 5.41. The number of aromatic nitrogens is 1. The number of nitro groups is 1. The second kappa shape index (κ2) is 9.65. The van der Waals surface area contributed by atoms with Gasteiger partial charge in [-0.25, -0.2) is 4.98 Å². The Hall–Kier alpha value is -1.73. The Labute approximate surface area is 167 Å². The number of aryl methyl sites for hydroxylation is 1. The first-order chi connectivity index (χ1) is 13.5. The van der Waals surface area contributed by atoms with Crippen molar-refractivity contribution in [3.8, 4) is 0 Å². The highest BCUT2D eigenvalue weighted by molar-refractivity contribution is 5.56. The van der Waals surface area contributed by atoms with Crippen LogP contribution in [0, 0.1) is 17.0 Å². The highest BCUT2D eigenvalue weighted by Gasteiger charge is 2.36. The van der Waals surface area contributed by atoms with Crippen LogP contribution in [-0.2, 0) is 4.74 Å². The Morgan fingerprint density at radius 2 is 2.07 bits per heavy atom. The van der Waals surface area contributed by atoms with Crippen molar-refractivity contribution in [3.05, 3.63) is 27.9 Å². The second-order valence-corrected chi connectivity index (χ2v) is 8.38. The molecule has 1 aliphatic carbocycles. The van der Waals surface area contributed by atoms with Gasteiger partial charge in [-0.2, -0.15) is 0 Å². The quantitative estimate of drug-likeness (QED) is 0.554. The average molecular weight is 391 g/mol. The van der Waals surface area contributed by atoms with Crippen molar-refractivity contribution in [2.45, 2.75) is 89.3 Å². The van der Waals surface area contributed by atoms with Crippen LogP contribution >= 0.6 is 0 Å². The molecule has 2 fully saturated rings. The van der Waals surface area contributed by atoms with Crippen molar-refractivity contribution in [2.75, 3.05) is 18.5 Å². The molecule has 1 aliphatic heterocycles. The maximum atomic E-state index is 11.3. The summed E-state index contributed by atoms with van der Waals surface area (Å²) in [6.07, 6.45) is 10.4. The molecule has 0 aromatic carbocycles. The summed E-state index contributed by atoms with van der Waals surface area (Å²) in [4.78, 5) is 15.3. The molecule has 156 valence electrons. The minimum atomic E-state index is -0.357. The van der Waals surface area contributed by atoms with Crippen LogP contribution in [0.4, 0.5) is 11.5 Å². The molecule has 7 nitrogen and oxygen atoms in total. The molecule has 28 heavy (non-hydrogen) atoms. The van der Waals surface area contributed by atoms with Crippen LogP contribution in [-0.4, -0.2) is 40.7 Å². The van der Waals surface area contributed by atoms with Crippen LogP contribution in [0.15, 0.2) is 12.1 Å². The molecule has 7 heteroatoms. The minimum absolute atomic E-state index is 0.0579. The van der Waals surface area contributed by atoms with Crippen molar-refractivity contribution in [3.63, 3.8) is 0 Å². The standard InChI is InChI=1S/C21H34N4O3/c1-3-15-28-18-8-12-21(13-9-18)11-4-5-17(10-14-22-21)24-20-19(25(26)27)7-6-16(2)23-20/h6-7,17-18,22H,3-5,8-15H2,1-2H3,(H,23,24). The molecule has 1 spiro atoms. The third-order valence-electron chi connectivity index (χ3n) is 6.20. The highest BCUT2D eigenvalue weighted by Crippen LogP contribution is 2.35. The van der Waals surface area contributed by atoms with Crippen LogP contribution in [0.1, 0.15) is 70.4 Å². The fourth-order valence-corrected chi connectivity index (χ4v) is 4.59. The summed E-state index contributed by atoms with van der Waals surface area (Å²) in [5, 5.41) is 18.5. The maximum Gasteiger partial charge on any atom is 0.311 e. The molecule has 2 aliphatic rings. The molecular formula is C21H34N4O3. The molecule has 1 saturated heterocycles. The second-order valence-electron chi connectivity index (χ2n) is 8.38. The minimum Gasteiger partial charge on any atom is -0.378 e. The number of anilines is 1. The van der Waals surface area contributed by atoms with E-state index >= 15 is 0 Å². The highest BCUT2D eigenvalue weighted by atomic mass is 16.6. The lowest BCUT2D eigenvalue weighted by Crippen LogP contribution is -2.51. The number of rotatable bonds is 6. The number of pyridine rings is 1. The van der Waals surface area contributed by atoms with Gasteiger partial charge in [-0.15, -0.1) is 0 Å². The summed E-state index contributed by atoms with van der Waals surface area (Å²) in [6.45, 7) is 5.82. The Morgan fingerprint density at radius 3 is 2.79 bits per heavy atom. The zero-order valence-electron chi connectivity index (χ0n) is 17.2. The van der Waals surface area contributed by atoms with Gasteiger partial charge in [0.1, 0.15) is 0 Å². The van der Waals surface area contributed by atoms with E-state index in [4.69, 9.17) is 4.74 Å². The molecule has 0 radical (unpaired) electrons. The molecule has 2 heterocycles. The van der Waals surface area contributed by atoms with E-state index in [1.54, 1.807) is 12.1 Å². The van der Waals surface area contributed by atoms with Crippen LogP contribution in [0.3, 0.4) is 0 Å². The number of nitrogens with one attached hydrogen (secondary N) is 2. The number of hydrogen-bond acceptors (Lipinski definition) is 6. The van der Waals surface area contributed by atoms with E-state index in [0.717, 1.165) is 63.8 Å². The van der Waals surface area contributed by atoms with E-state index in [2.05, 4.69) is 22.5 Å². The van der Waals surface area contributed by atoms with E-state index in [1.165, 1.54) is 12.8 Å². The van der Waals surface area contributed by atoms with E-state index in [9.17, 15) is 10.1 Å². The molecule has 1 atom stereocenters. The first-order valence-electron chi connectivity index (χ1n) is 10.8. The summed E-state index contributed by atoms with van der Waals surface area (Å²) < 4.78 is 5.95. The van der Waals surface area contributed by atoms with Gasteiger partial charge >= 0.3 is 5.69 Å². The summed E-state index contributed by atoms with van der Waals surface area (Å²) in [7, 11) is 0. The molecule has 2 N–H and O–H groups in total. The van der Waals surface area contributed by atoms with Crippen molar-refractivity contribution >= 4 is 11.5 Å². The van der Waals surface area contributed by atoms with Gasteiger partial charge in [-0.1, -0.05) is 6.92 Å². The third-order valence-corrected chi connectivity index (χ3v) is 6.20. The lowest BCUT2D eigenvalue weighted by Gasteiger charge is -2.43. The maximum absolute atomic E-state index is 11.3. The molecule has 1 saturated carbocycles. The van der Waals surface area contributed by atoms with E-state index < -0.39 is 0 Å². The lowest BCUT2D eigenvalue weighted by atomic mass is 9.76. The van der Waals surface area contributed by atoms with Gasteiger partial charge in [-0.05, 0) is 77.3 Å². The summed E-state index contributed by atoms with van der Waals surface area (Å²) >= 11 is 0. The van der Waals surface area contributed by atoms with Crippen LogP contribution in [0.5, 0.6) is 0 Å².